The van der Waals surface area contributed by atoms with E-state index in [-0.39, 0.29) is 18.8 Å². The highest BCUT2D eigenvalue weighted by Gasteiger charge is 2.35. The summed E-state index contributed by atoms with van der Waals surface area (Å²) in [6, 6.07) is 0. The maximum absolute atomic E-state index is 8.29. The molecule has 0 bridgehead atoms. The van der Waals surface area contributed by atoms with Gasteiger partial charge < -0.3 is 9.84 Å². The first-order valence-electron chi connectivity index (χ1n) is 2.11. The van der Waals surface area contributed by atoms with E-state index in [1.54, 1.807) is 0 Å². The SMILES string of the molecule is C#C[C@@H]1O[C@H]1CO. The molecular weight excluding hydrogens is 92.1 g/mol. The van der Waals surface area contributed by atoms with Crippen LogP contribution in [-0.4, -0.2) is 23.9 Å². The van der Waals surface area contributed by atoms with Crippen molar-refractivity contribution in [3.63, 3.8) is 0 Å². The van der Waals surface area contributed by atoms with Crippen molar-refractivity contribution < 1.29 is 9.84 Å². The van der Waals surface area contributed by atoms with E-state index in [4.69, 9.17) is 16.3 Å². The van der Waals surface area contributed by atoms with Crippen LogP contribution in [0.4, 0.5) is 0 Å². The Morgan fingerprint density at radius 3 is 2.71 bits per heavy atom. The molecule has 1 heterocycles. The maximum Gasteiger partial charge on any atom is 0.146 e. The lowest BCUT2D eigenvalue weighted by molar-refractivity contribution is 0.243. The highest BCUT2D eigenvalue weighted by molar-refractivity contribution is 5.07. The van der Waals surface area contributed by atoms with Crippen LogP contribution in [0.25, 0.3) is 0 Å². The van der Waals surface area contributed by atoms with Gasteiger partial charge in [-0.3, -0.25) is 0 Å². The zero-order valence-electron chi connectivity index (χ0n) is 3.79. The fourth-order valence-electron chi connectivity index (χ4n) is 0.428. The quantitative estimate of drug-likeness (QED) is 0.350. The number of hydrogen-bond acceptors (Lipinski definition) is 2. The van der Waals surface area contributed by atoms with Gasteiger partial charge >= 0.3 is 0 Å². The molecule has 0 aromatic rings. The van der Waals surface area contributed by atoms with Crippen LogP contribution in [0, 0.1) is 12.3 Å². The standard InChI is InChI=1S/C5H6O2/c1-2-4-5(3-6)7-4/h1,4-6H,3H2/t4-,5-/m0/s1. The van der Waals surface area contributed by atoms with E-state index in [0.717, 1.165) is 0 Å². The molecule has 1 fully saturated rings. The van der Waals surface area contributed by atoms with Crippen molar-refractivity contribution in [3.05, 3.63) is 0 Å². The molecular formula is C5H6O2. The van der Waals surface area contributed by atoms with Crippen LogP contribution in [0.3, 0.4) is 0 Å². The van der Waals surface area contributed by atoms with E-state index in [9.17, 15) is 0 Å². The second-order valence-corrected chi connectivity index (χ2v) is 1.44. The van der Waals surface area contributed by atoms with Gasteiger partial charge in [0.2, 0.25) is 0 Å². The normalized spacial score (nSPS) is 37.1. The molecule has 0 saturated carbocycles. The largest absolute Gasteiger partial charge is 0.394 e. The number of terminal acetylenes is 1. The molecule has 0 amide bonds. The van der Waals surface area contributed by atoms with Crippen LogP contribution in [0.2, 0.25) is 0 Å². The van der Waals surface area contributed by atoms with Gasteiger partial charge in [0, 0.05) is 0 Å². The molecule has 1 rings (SSSR count). The summed E-state index contributed by atoms with van der Waals surface area (Å²) in [6.07, 6.45) is 4.74. The highest BCUT2D eigenvalue weighted by Crippen LogP contribution is 2.18. The van der Waals surface area contributed by atoms with Crippen molar-refractivity contribution in [1.29, 1.82) is 0 Å². The number of ether oxygens (including phenoxy) is 1. The van der Waals surface area contributed by atoms with Gasteiger partial charge in [-0.05, 0) is 0 Å². The smallest absolute Gasteiger partial charge is 0.146 e. The minimum absolute atomic E-state index is 0.0505. The number of rotatable bonds is 1. The predicted molar refractivity (Wildman–Crippen MR) is 24.6 cm³/mol. The monoisotopic (exact) mass is 98.0 g/mol. The van der Waals surface area contributed by atoms with Gasteiger partial charge in [-0.25, -0.2) is 0 Å². The Labute approximate surface area is 42.1 Å². The van der Waals surface area contributed by atoms with Crippen LogP contribution >= 0.6 is 0 Å². The van der Waals surface area contributed by atoms with E-state index in [2.05, 4.69) is 5.92 Å². The fraction of sp³-hybridized carbons (Fsp3) is 0.600. The first-order chi connectivity index (χ1) is 3.38. The van der Waals surface area contributed by atoms with E-state index in [1.165, 1.54) is 0 Å². The molecule has 1 saturated heterocycles. The van der Waals surface area contributed by atoms with E-state index < -0.39 is 0 Å². The second-order valence-electron chi connectivity index (χ2n) is 1.44. The van der Waals surface area contributed by atoms with Gasteiger partial charge in [0.15, 0.2) is 0 Å². The minimum Gasteiger partial charge on any atom is -0.394 e. The molecule has 2 nitrogen and oxygen atoms in total. The van der Waals surface area contributed by atoms with Gasteiger partial charge in [0.25, 0.3) is 0 Å². The molecule has 7 heavy (non-hydrogen) atoms. The van der Waals surface area contributed by atoms with Crippen LogP contribution in [0.1, 0.15) is 0 Å². The van der Waals surface area contributed by atoms with Crippen LogP contribution < -0.4 is 0 Å². The van der Waals surface area contributed by atoms with Gasteiger partial charge in [0.1, 0.15) is 12.2 Å². The fourth-order valence-corrected chi connectivity index (χ4v) is 0.428. The molecule has 2 atom stereocenters. The molecule has 1 aliphatic heterocycles. The third-order valence-corrected chi connectivity index (χ3v) is 0.927. The summed E-state index contributed by atoms with van der Waals surface area (Å²) in [6.45, 7) is 0.0505. The molecule has 0 aliphatic carbocycles. The lowest BCUT2D eigenvalue weighted by Gasteiger charge is -1.73. The number of hydrogen-bond donors (Lipinski definition) is 1. The Hall–Kier alpha value is -0.520. The Kier molecular flexibility index (Phi) is 1.01. The molecule has 2 heteroatoms. The van der Waals surface area contributed by atoms with Crippen molar-refractivity contribution in [1.82, 2.24) is 0 Å². The third-order valence-electron chi connectivity index (χ3n) is 0.927. The predicted octanol–water partition coefficient (Wildman–Crippen LogP) is -0.621. The molecule has 38 valence electrons. The Balaban J connectivity index is 2.21. The van der Waals surface area contributed by atoms with Crippen LogP contribution in [-0.2, 0) is 4.74 Å². The summed E-state index contributed by atoms with van der Waals surface area (Å²) >= 11 is 0. The third kappa shape index (κ3) is 0.738. The molecule has 1 N–H and O–H groups in total. The van der Waals surface area contributed by atoms with Crippen molar-refractivity contribution in [2.24, 2.45) is 0 Å². The summed E-state index contributed by atoms with van der Waals surface area (Å²) in [5.41, 5.74) is 0. The van der Waals surface area contributed by atoms with Gasteiger partial charge in [-0.2, -0.15) is 0 Å². The van der Waals surface area contributed by atoms with Crippen molar-refractivity contribution >= 4 is 0 Å². The van der Waals surface area contributed by atoms with Gasteiger partial charge in [-0.1, -0.05) is 5.92 Å². The molecule has 0 spiro atoms. The van der Waals surface area contributed by atoms with Gasteiger partial charge in [-0.15, -0.1) is 6.42 Å². The Morgan fingerprint density at radius 2 is 2.57 bits per heavy atom. The lowest BCUT2D eigenvalue weighted by Crippen LogP contribution is -1.95. The van der Waals surface area contributed by atoms with Crippen LogP contribution in [0.15, 0.2) is 0 Å². The van der Waals surface area contributed by atoms with Gasteiger partial charge in [0.05, 0.1) is 6.61 Å². The highest BCUT2D eigenvalue weighted by atomic mass is 16.6. The molecule has 0 aromatic heterocycles. The van der Waals surface area contributed by atoms with E-state index >= 15 is 0 Å². The molecule has 1 aliphatic rings. The number of aliphatic hydroxyl groups excluding tert-OH is 1. The molecule has 0 radical (unpaired) electrons. The second kappa shape index (κ2) is 1.53. The zero-order chi connectivity index (χ0) is 5.28. The van der Waals surface area contributed by atoms with Crippen molar-refractivity contribution in [2.75, 3.05) is 6.61 Å². The summed E-state index contributed by atoms with van der Waals surface area (Å²) in [7, 11) is 0. The maximum atomic E-state index is 8.29. The lowest BCUT2D eigenvalue weighted by atomic mass is 10.3. The van der Waals surface area contributed by atoms with E-state index in [1.807, 2.05) is 0 Å². The summed E-state index contributed by atoms with van der Waals surface area (Å²) in [5.74, 6) is 2.36. The van der Waals surface area contributed by atoms with Crippen molar-refractivity contribution in [2.45, 2.75) is 12.2 Å². The first-order valence-corrected chi connectivity index (χ1v) is 2.11. The Morgan fingerprint density at radius 1 is 1.86 bits per heavy atom. The topological polar surface area (TPSA) is 32.8 Å². The average molecular weight is 98.1 g/mol. The summed E-state index contributed by atoms with van der Waals surface area (Å²) in [4.78, 5) is 0. The Bertz CT molecular complexity index is 103. The minimum atomic E-state index is -0.106. The van der Waals surface area contributed by atoms with Crippen LogP contribution in [0.5, 0.6) is 0 Å². The number of aliphatic hydroxyl groups is 1. The van der Waals surface area contributed by atoms with Crippen molar-refractivity contribution in [3.8, 4) is 12.3 Å². The first kappa shape index (κ1) is 4.63. The number of epoxide rings is 1. The average Bonchev–Trinajstić information content (AvgIpc) is 2.43. The summed E-state index contributed by atoms with van der Waals surface area (Å²) < 4.78 is 4.73. The summed E-state index contributed by atoms with van der Waals surface area (Å²) in [5, 5.41) is 8.29. The molecule has 0 unspecified atom stereocenters. The zero-order valence-corrected chi connectivity index (χ0v) is 3.79. The molecule has 0 aromatic carbocycles. The van der Waals surface area contributed by atoms with E-state index in [0.29, 0.717) is 0 Å².